The van der Waals surface area contributed by atoms with Crippen molar-refractivity contribution in [2.45, 2.75) is 25.5 Å². The Kier molecular flexibility index (Phi) is 5.98. The highest BCUT2D eigenvalue weighted by molar-refractivity contribution is 5.94. The summed E-state index contributed by atoms with van der Waals surface area (Å²) in [4.78, 5) is 22.7. The Labute approximate surface area is 139 Å². The summed E-state index contributed by atoms with van der Waals surface area (Å²) in [5.74, 6) is -3.15. The summed E-state index contributed by atoms with van der Waals surface area (Å²) in [5.41, 5.74) is -0.312. The number of benzene rings is 1. The highest BCUT2D eigenvalue weighted by Gasteiger charge is 2.26. The van der Waals surface area contributed by atoms with E-state index in [1.807, 2.05) is 5.32 Å². The molecule has 7 nitrogen and oxygen atoms in total. The first-order chi connectivity index (χ1) is 11.9. The van der Waals surface area contributed by atoms with Crippen LogP contribution < -0.4 is 10.1 Å². The molecule has 0 aliphatic carbocycles. The average Bonchev–Trinajstić information content (AvgIpc) is 3.02. The van der Waals surface area contributed by atoms with Gasteiger partial charge in [-0.3, -0.25) is 4.79 Å². The van der Waals surface area contributed by atoms with Crippen LogP contribution in [0.1, 0.15) is 22.7 Å². The van der Waals surface area contributed by atoms with E-state index in [9.17, 15) is 22.8 Å². The van der Waals surface area contributed by atoms with Gasteiger partial charge in [-0.25, -0.2) is 18.0 Å². The number of aliphatic carboxylic acids is 1. The largest absolute Gasteiger partial charge is 0.482 e. The molecule has 2 aromatic rings. The number of nitrogens with zero attached hydrogens (tertiary/aromatic N) is 1. The normalized spacial score (nSPS) is 12.0. The van der Waals surface area contributed by atoms with Crippen LogP contribution >= 0.6 is 0 Å². The van der Waals surface area contributed by atoms with Crippen molar-refractivity contribution in [3.63, 3.8) is 0 Å². The number of hydrogen-bond donors (Lipinski definition) is 2. The number of ether oxygens (including phenoxy) is 1. The lowest BCUT2D eigenvalue weighted by atomic mass is 10.2. The molecule has 1 atom stereocenters. The SMILES string of the molecule is O=C(NC(CC(F)F)C(=O)O)c1cc(COc2ccccc2F)on1. The molecule has 0 radical (unpaired) electrons. The summed E-state index contributed by atoms with van der Waals surface area (Å²) in [5, 5.41) is 14.1. The fourth-order valence-corrected chi connectivity index (χ4v) is 1.83. The van der Waals surface area contributed by atoms with Crippen LogP contribution in [-0.4, -0.2) is 34.6 Å². The van der Waals surface area contributed by atoms with Gasteiger partial charge in [0.2, 0.25) is 6.43 Å². The van der Waals surface area contributed by atoms with Crippen molar-refractivity contribution in [2.75, 3.05) is 0 Å². The zero-order valence-electron chi connectivity index (χ0n) is 12.6. The standard InChI is InChI=1S/C15H13F3N2O5/c16-9-3-1-2-4-12(9)24-7-8-5-10(20-25-8)14(21)19-11(15(22)23)6-13(17)18/h1-5,11,13H,6-7H2,(H,19,21)(H,22,23). The Balaban J connectivity index is 1.96. The van der Waals surface area contributed by atoms with Gasteiger partial charge in [0.15, 0.2) is 23.0 Å². The van der Waals surface area contributed by atoms with Crippen LogP contribution in [0.2, 0.25) is 0 Å². The Morgan fingerprint density at radius 3 is 2.68 bits per heavy atom. The second kappa shape index (κ2) is 8.18. The molecule has 0 bridgehead atoms. The lowest BCUT2D eigenvalue weighted by Crippen LogP contribution is -2.42. The minimum atomic E-state index is -2.90. The number of carboxylic acids is 1. The van der Waals surface area contributed by atoms with Crippen molar-refractivity contribution in [2.24, 2.45) is 0 Å². The Hall–Kier alpha value is -3.04. The number of carboxylic acid groups (broad SMARTS) is 1. The molecule has 25 heavy (non-hydrogen) atoms. The molecule has 0 saturated carbocycles. The zero-order chi connectivity index (χ0) is 18.4. The number of halogens is 3. The summed E-state index contributed by atoms with van der Waals surface area (Å²) in [6.45, 7) is -0.236. The molecule has 0 saturated heterocycles. The number of hydrogen-bond acceptors (Lipinski definition) is 5. The molecule has 1 amide bonds. The van der Waals surface area contributed by atoms with Crippen LogP contribution in [0.4, 0.5) is 13.2 Å². The monoisotopic (exact) mass is 358 g/mol. The number of aromatic nitrogens is 1. The maximum absolute atomic E-state index is 13.4. The quantitative estimate of drug-likeness (QED) is 0.750. The van der Waals surface area contributed by atoms with Gasteiger partial charge in [0.05, 0.1) is 0 Å². The number of rotatable bonds is 8. The molecule has 1 unspecified atom stereocenters. The molecule has 10 heteroatoms. The molecule has 0 aliphatic heterocycles. The van der Waals surface area contributed by atoms with Gasteiger partial charge in [-0.1, -0.05) is 17.3 Å². The van der Waals surface area contributed by atoms with Gasteiger partial charge >= 0.3 is 5.97 Å². The molecule has 1 aromatic carbocycles. The van der Waals surface area contributed by atoms with E-state index in [2.05, 4.69) is 5.16 Å². The molecule has 134 valence electrons. The van der Waals surface area contributed by atoms with Crippen LogP contribution in [0.5, 0.6) is 5.75 Å². The summed E-state index contributed by atoms with van der Waals surface area (Å²) in [6.07, 6.45) is -3.94. The number of alkyl halides is 2. The maximum Gasteiger partial charge on any atom is 0.326 e. The number of carbonyl (C=O) groups is 2. The Morgan fingerprint density at radius 1 is 1.32 bits per heavy atom. The Morgan fingerprint density at radius 2 is 2.04 bits per heavy atom. The van der Waals surface area contributed by atoms with Gasteiger partial charge in [-0.05, 0) is 12.1 Å². The van der Waals surface area contributed by atoms with Gasteiger partial charge in [0, 0.05) is 12.5 Å². The van der Waals surface area contributed by atoms with Crippen molar-refractivity contribution in [1.29, 1.82) is 0 Å². The van der Waals surface area contributed by atoms with Crippen LogP contribution in [0.25, 0.3) is 0 Å². The fourth-order valence-electron chi connectivity index (χ4n) is 1.83. The summed E-state index contributed by atoms with van der Waals surface area (Å²) in [7, 11) is 0. The predicted molar refractivity (Wildman–Crippen MR) is 76.7 cm³/mol. The second-order valence-corrected chi connectivity index (χ2v) is 4.89. The second-order valence-electron chi connectivity index (χ2n) is 4.89. The molecule has 2 rings (SSSR count). The van der Waals surface area contributed by atoms with Gasteiger partial charge in [-0.15, -0.1) is 0 Å². The number of para-hydroxylation sites is 1. The highest BCUT2D eigenvalue weighted by Crippen LogP contribution is 2.17. The summed E-state index contributed by atoms with van der Waals surface area (Å²) >= 11 is 0. The molecule has 0 fully saturated rings. The number of amides is 1. The molecule has 0 aliphatic rings. The van der Waals surface area contributed by atoms with Crippen LogP contribution in [0, 0.1) is 5.82 Å². The van der Waals surface area contributed by atoms with E-state index >= 15 is 0 Å². The van der Waals surface area contributed by atoms with Crippen LogP contribution in [0.15, 0.2) is 34.9 Å². The van der Waals surface area contributed by atoms with Gasteiger partial charge in [0.25, 0.3) is 5.91 Å². The van der Waals surface area contributed by atoms with E-state index in [0.717, 1.165) is 6.07 Å². The fraction of sp³-hybridized carbons (Fsp3) is 0.267. The maximum atomic E-state index is 13.4. The van der Waals surface area contributed by atoms with Crippen LogP contribution in [-0.2, 0) is 11.4 Å². The predicted octanol–water partition coefficient (Wildman–Crippen LogP) is 2.23. The number of carbonyl (C=O) groups excluding carboxylic acids is 1. The number of nitrogens with one attached hydrogen (secondary N) is 1. The highest BCUT2D eigenvalue weighted by atomic mass is 19.3. The lowest BCUT2D eigenvalue weighted by molar-refractivity contribution is -0.140. The van der Waals surface area contributed by atoms with Gasteiger partial charge in [-0.2, -0.15) is 0 Å². The van der Waals surface area contributed by atoms with E-state index in [1.54, 1.807) is 6.07 Å². The third kappa shape index (κ3) is 5.23. The van der Waals surface area contributed by atoms with Crippen molar-refractivity contribution in [1.82, 2.24) is 10.5 Å². The molecule has 1 aromatic heterocycles. The van der Waals surface area contributed by atoms with E-state index in [0.29, 0.717) is 0 Å². The molecule has 1 heterocycles. The average molecular weight is 358 g/mol. The Bertz CT molecular complexity index is 750. The van der Waals surface area contributed by atoms with Crippen molar-refractivity contribution < 1.29 is 37.1 Å². The topological polar surface area (TPSA) is 102 Å². The van der Waals surface area contributed by atoms with E-state index < -0.39 is 36.6 Å². The lowest BCUT2D eigenvalue weighted by Gasteiger charge is -2.12. The van der Waals surface area contributed by atoms with E-state index in [-0.39, 0.29) is 23.8 Å². The van der Waals surface area contributed by atoms with Gasteiger partial charge < -0.3 is 19.7 Å². The van der Waals surface area contributed by atoms with E-state index in [4.69, 9.17) is 14.4 Å². The molecular formula is C15H13F3N2O5. The zero-order valence-corrected chi connectivity index (χ0v) is 12.6. The third-order valence-electron chi connectivity index (χ3n) is 3.02. The first-order valence-corrected chi connectivity index (χ1v) is 7.01. The smallest absolute Gasteiger partial charge is 0.326 e. The van der Waals surface area contributed by atoms with Crippen molar-refractivity contribution in [3.05, 3.63) is 47.6 Å². The first kappa shape index (κ1) is 18.3. The molecular weight excluding hydrogens is 345 g/mol. The van der Waals surface area contributed by atoms with Crippen LogP contribution in [0.3, 0.4) is 0 Å². The van der Waals surface area contributed by atoms with Crippen molar-refractivity contribution >= 4 is 11.9 Å². The van der Waals surface area contributed by atoms with Gasteiger partial charge in [0.1, 0.15) is 12.6 Å². The minimum Gasteiger partial charge on any atom is -0.482 e. The first-order valence-electron chi connectivity index (χ1n) is 7.01. The molecule has 2 N–H and O–H groups in total. The molecule has 0 spiro atoms. The van der Waals surface area contributed by atoms with Crippen molar-refractivity contribution in [3.8, 4) is 5.75 Å². The third-order valence-corrected chi connectivity index (χ3v) is 3.02. The summed E-state index contributed by atoms with van der Waals surface area (Å²) in [6, 6.07) is 5.01. The summed E-state index contributed by atoms with van der Waals surface area (Å²) < 4.78 is 48.0. The van der Waals surface area contributed by atoms with E-state index in [1.165, 1.54) is 18.2 Å². The minimum absolute atomic E-state index is 0.0345.